The standard InChI is InChI=1S/C12H15NO3S/c1-3-16-12(15)9-13(10(2)14)17-11-7-5-4-6-8-11/h4-8H,3,9H2,1-2H3. The number of rotatable bonds is 5. The second-order valence-electron chi connectivity index (χ2n) is 3.26. The molecule has 17 heavy (non-hydrogen) atoms. The number of benzene rings is 1. The number of amides is 1. The minimum atomic E-state index is -0.397. The van der Waals surface area contributed by atoms with Crippen LogP contribution in [0.15, 0.2) is 35.2 Å². The Morgan fingerprint density at radius 2 is 1.94 bits per heavy atom. The van der Waals surface area contributed by atoms with Gasteiger partial charge in [0.1, 0.15) is 6.54 Å². The molecule has 1 aromatic rings. The van der Waals surface area contributed by atoms with Gasteiger partial charge in [-0.05, 0) is 31.0 Å². The molecule has 0 saturated carbocycles. The summed E-state index contributed by atoms with van der Waals surface area (Å²) in [5.41, 5.74) is 0. The van der Waals surface area contributed by atoms with Crippen LogP contribution < -0.4 is 0 Å². The van der Waals surface area contributed by atoms with Gasteiger partial charge in [0.15, 0.2) is 0 Å². The molecular weight excluding hydrogens is 238 g/mol. The summed E-state index contributed by atoms with van der Waals surface area (Å²) in [6.45, 7) is 3.44. The van der Waals surface area contributed by atoms with Crippen molar-refractivity contribution >= 4 is 23.8 Å². The monoisotopic (exact) mass is 253 g/mol. The molecule has 0 saturated heterocycles. The second-order valence-corrected chi connectivity index (χ2v) is 4.36. The van der Waals surface area contributed by atoms with Gasteiger partial charge in [-0.3, -0.25) is 13.9 Å². The number of ether oxygens (including phenoxy) is 1. The third kappa shape index (κ3) is 4.91. The largest absolute Gasteiger partial charge is 0.465 e. The van der Waals surface area contributed by atoms with E-state index in [9.17, 15) is 9.59 Å². The van der Waals surface area contributed by atoms with Crippen LogP contribution in [0.2, 0.25) is 0 Å². The molecule has 4 nitrogen and oxygen atoms in total. The van der Waals surface area contributed by atoms with Crippen molar-refractivity contribution in [1.82, 2.24) is 4.31 Å². The van der Waals surface area contributed by atoms with Gasteiger partial charge in [0.25, 0.3) is 0 Å². The van der Waals surface area contributed by atoms with E-state index in [2.05, 4.69) is 0 Å². The lowest BCUT2D eigenvalue weighted by Gasteiger charge is -2.18. The molecule has 1 amide bonds. The third-order valence-electron chi connectivity index (χ3n) is 1.89. The van der Waals surface area contributed by atoms with Crippen LogP contribution in [0.25, 0.3) is 0 Å². The Bertz CT molecular complexity index is 381. The summed E-state index contributed by atoms with van der Waals surface area (Å²) in [6, 6.07) is 9.42. The summed E-state index contributed by atoms with van der Waals surface area (Å²) in [5.74, 6) is -0.571. The first-order valence-corrected chi connectivity index (χ1v) is 6.07. The SMILES string of the molecule is CCOC(=O)CN(Sc1ccccc1)C(C)=O. The van der Waals surface area contributed by atoms with Crippen LogP contribution >= 0.6 is 11.9 Å². The van der Waals surface area contributed by atoms with E-state index in [1.54, 1.807) is 6.92 Å². The Kier molecular flexibility index (Phi) is 5.56. The highest BCUT2D eigenvalue weighted by atomic mass is 32.2. The van der Waals surface area contributed by atoms with Gasteiger partial charge >= 0.3 is 5.97 Å². The molecule has 0 unspecified atom stereocenters. The first-order chi connectivity index (χ1) is 8.13. The predicted molar refractivity (Wildman–Crippen MR) is 66.3 cm³/mol. The highest BCUT2D eigenvalue weighted by molar-refractivity contribution is 7.97. The zero-order valence-corrected chi connectivity index (χ0v) is 10.7. The van der Waals surface area contributed by atoms with Crippen molar-refractivity contribution in [1.29, 1.82) is 0 Å². The third-order valence-corrected chi connectivity index (χ3v) is 2.98. The summed E-state index contributed by atoms with van der Waals surface area (Å²) >= 11 is 1.23. The molecule has 0 aliphatic carbocycles. The van der Waals surface area contributed by atoms with Crippen LogP contribution in [-0.2, 0) is 14.3 Å². The fourth-order valence-electron chi connectivity index (χ4n) is 1.14. The zero-order chi connectivity index (χ0) is 12.7. The first-order valence-electron chi connectivity index (χ1n) is 5.30. The fraction of sp³-hybridized carbons (Fsp3) is 0.333. The molecule has 1 aromatic carbocycles. The molecule has 1 rings (SSSR count). The average molecular weight is 253 g/mol. The fourth-order valence-corrected chi connectivity index (χ4v) is 1.97. The van der Waals surface area contributed by atoms with E-state index in [-0.39, 0.29) is 12.5 Å². The molecule has 0 aliphatic heterocycles. The molecule has 0 radical (unpaired) electrons. The molecular formula is C12H15NO3S. The van der Waals surface area contributed by atoms with Crippen molar-refractivity contribution in [2.75, 3.05) is 13.2 Å². The summed E-state index contributed by atoms with van der Waals surface area (Å²) in [7, 11) is 0. The Labute approximate surface area is 105 Å². The topological polar surface area (TPSA) is 46.6 Å². The minimum Gasteiger partial charge on any atom is -0.465 e. The number of carbonyl (C=O) groups is 2. The lowest BCUT2D eigenvalue weighted by atomic mass is 10.4. The van der Waals surface area contributed by atoms with Crippen LogP contribution in [0.1, 0.15) is 13.8 Å². The molecule has 0 atom stereocenters. The molecule has 0 heterocycles. The van der Waals surface area contributed by atoms with E-state index < -0.39 is 5.97 Å². The Morgan fingerprint density at radius 3 is 2.47 bits per heavy atom. The molecule has 5 heteroatoms. The van der Waals surface area contributed by atoms with Crippen LogP contribution in [0, 0.1) is 0 Å². The summed E-state index contributed by atoms with van der Waals surface area (Å²) in [5, 5.41) is 0. The van der Waals surface area contributed by atoms with E-state index in [1.807, 2.05) is 30.3 Å². The van der Waals surface area contributed by atoms with Crippen molar-refractivity contribution in [3.63, 3.8) is 0 Å². The van der Waals surface area contributed by atoms with Crippen LogP contribution in [0.3, 0.4) is 0 Å². The molecule has 0 aliphatic rings. The minimum absolute atomic E-state index is 0.0390. The summed E-state index contributed by atoms with van der Waals surface area (Å²) < 4.78 is 6.20. The molecule has 92 valence electrons. The maximum Gasteiger partial charge on any atom is 0.326 e. The smallest absolute Gasteiger partial charge is 0.326 e. The molecule has 0 N–H and O–H groups in total. The van der Waals surface area contributed by atoms with Crippen LogP contribution in [0.5, 0.6) is 0 Å². The van der Waals surface area contributed by atoms with Crippen molar-refractivity contribution in [3.8, 4) is 0 Å². The number of esters is 1. The Morgan fingerprint density at radius 1 is 1.29 bits per heavy atom. The van der Waals surface area contributed by atoms with Crippen LogP contribution in [-0.4, -0.2) is 29.3 Å². The number of carbonyl (C=O) groups excluding carboxylic acids is 2. The Hall–Kier alpha value is -1.49. The van der Waals surface area contributed by atoms with Gasteiger partial charge < -0.3 is 4.74 Å². The quantitative estimate of drug-likeness (QED) is 0.595. The number of hydrogen-bond acceptors (Lipinski definition) is 4. The van der Waals surface area contributed by atoms with Crippen molar-refractivity contribution in [2.24, 2.45) is 0 Å². The van der Waals surface area contributed by atoms with Gasteiger partial charge in [-0.2, -0.15) is 0 Å². The van der Waals surface area contributed by atoms with Gasteiger partial charge in [-0.25, -0.2) is 0 Å². The van der Waals surface area contributed by atoms with Gasteiger partial charge in [0, 0.05) is 11.8 Å². The van der Waals surface area contributed by atoms with Crippen molar-refractivity contribution in [2.45, 2.75) is 18.7 Å². The van der Waals surface area contributed by atoms with Gasteiger partial charge in [-0.1, -0.05) is 18.2 Å². The molecule has 0 bridgehead atoms. The lowest BCUT2D eigenvalue weighted by Crippen LogP contribution is -2.29. The maximum absolute atomic E-state index is 11.4. The van der Waals surface area contributed by atoms with Gasteiger partial charge in [0.05, 0.1) is 6.61 Å². The zero-order valence-electron chi connectivity index (χ0n) is 9.88. The molecule has 0 aromatic heterocycles. The highest BCUT2D eigenvalue weighted by Crippen LogP contribution is 2.21. The van der Waals surface area contributed by atoms with Crippen molar-refractivity contribution in [3.05, 3.63) is 30.3 Å². The first kappa shape index (κ1) is 13.6. The molecule has 0 spiro atoms. The van der Waals surface area contributed by atoms with Gasteiger partial charge in [0.2, 0.25) is 5.91 Å². The normalized spacial score (nSPS) is 9.76. The highest BCUT2D eigenvalue weighted by Gasteiger charge is 2.15. The molecule has 0 fully saturated rings. The van der Waals surface area contributed by atoms with Crippen molar-refractivity contribution < 1.29 is 14.3 Å². The van der Waals surface area contributed by atoms with E-state index in [0.29, 0.717) is 6.61 Å². The predicted octanol–water partition coefficient (Wildman–Crippen LogP) is 2.11. The average Bonchev–Trinajstić information content (AvgIpc) is 2.29. The number of hydrogen-bond donors (Lipinski definition) is 0. The van der Waals surface area contributed by atoms with Crippen LogP contribution in [0.4, 0.5) is 0 Å². The summed E-state index contributed by atoms with van der Waals surface area (Å²) in [4.78, 5) is 23.6. The number of nitrogens with zero attached hydrogens (tertiary/aromatic N) is 1. The maximum atomic E-state index is 11.4. The second kappa shape index (κ2) is 6.96. The van der Waals surface area contributed by atoms with Gasteiger partial charge in [-0.15, -0.1) is 0 Å². The van der Waals surface area contributed by atoms with E-state index in [4.69, 9.17) is 4.74 Å². The van der Waals surface area contributed by atoms with E-state index in [1.165, 1.54) is 23.2 Å². The Balaban J connectivity index is 2.61. The summed E-state index contributed by atoms with van der Waals surface area (Å²) in [6.07, 6.45) is 0. The van der Waals surface area contributed by atoms with E-state index >= 15 is 0 Å². The van der Waals surface area contributed by atoms with E-state index in [0.717, 1.165) is 4.90 Å². The lowest BCUT2D eigenvalue weighted by molar-refractivity contribution is -0.145.